The van der Waals surface area contributed by atoms with Crippen molar-refractivity contribution in [2.45, 2.75) is 25.8 Å². The van der Waals surface area contributed by atoms with E-state index in [0.29, 0.717) is 5.92 Å². The van der Waals surface area contributed by atoms with Crippen molar-refractivity contribution in [1.29, 1.82) is 5.26 Å². The van der Waals surface area contributed by atoms with Crippen molar-refractivity contribution in [3.63, 3.8) is 0 Å². The van der Waals surface area contributed by atoms with Gasteiger partial charge in [-0.2, -0.15) is 5.26 Å². The summed E-state index contributed by atoms with van der Waals surface area (Å²) in [6.07, 6.45) is 2.39. The van der Waals surface area contributed by atoms with Gasteiger partial charge in [-0.15, -0.1) is 0 Å². The maximum absolute atomic E-state index is 8.52. The summed E-state index contributed by atoms with van der Waals surface area (Å²) in [4.78, 5) is 0. The largest absolute Gasteiger partial charge is 0.381 e. The number of rotatable bonds is 3. The minimum absolute atomic E-state index is 0.0353. The van der Waals surface area contributed by atoms with Gasteiger partial charge in [0.1, 0.15) is 0 Å². The molecular formula is C9H16N2O. The van der Waals surface area contributed by atoms with Crippen molar-refractivity contribution in [2.24, 2.45) is 5.92 Å². The third kappa shape index (κ3) is 3.21. The van der Waals surface area contributed by atoms with Crippen LogP contribution in [-0.2, 0) is 4.74 Å². The van der Waals surface area contributed by atoms with Gasteiger partial charge in [0.2, 0.25) is 0 Å². The van der Waals surface area contributed by atoms with Crippen LogP contribution in [0.1, 0.15) is 19.8 Å². The molecule has 1 N–H and O–H groups in total. The molecule has 1 heterocycles. The van der Waals surface area contributed by atoms with Crippen LogP contribution < -0.4 is 5.32 Å². The van der Waals surface area contributed by atoms with Crippen molar-refractivity contribution >= 4 is 0 Å². The molecule has 68 valence electrons. The van der Waals surface area contributed by atoms with Crippen LogP contribution in [0.2, 0.25) is 0 Å². The molecule has 1 saturated heterocycles. The molecule has 3 nitrogen and oxygen atoms in total. The Morgan fingerprint density at radius 1 is 1.75 bits per heavy atom. The van der Waals surface area contributed by atoms with E-state index in [9.17, 15) is 0 Å². The lowest BCUT2D eigenvalue weighted by Crippen LogP contribution is -2.33. The van der Waals surface area contributed by atoms with E-state index >= 15 is 0 Å². The lowest BCUT2D eigenvalue weighted by atomic mass is 10.0. The second kappa shape index (κ2) is 5.13. The molecule has 1 aliphatic heterocycles. The van der Waals surface area contributed by atoms with Crippen LogP contribution in [0.3, 0.4) is 0 Å². The van der Waals surface area contributed by atoms with Crippen molar-refractivity contribution in [3.05, 3.63) is 0 Å². The number of hydrogen-bond acceptors (Lipinski definition) is 3. The number of nitriles is 1. The van der Waals surface area contributed by atoms with Crippen LogP contribution in [0.25, 0.3) is 0 Å². The van der Waals surface area contributed by atoms with E-state index in [2.05, 4.69) is 11.4 Å². The van der Waals surface area contributed by atoms with Gasteiger partial charge in [-0.25, -0.2) is 0 Å². The first-order chi connectivity index (χ1) is 5.83. The van der Waals surface area contributed by atoms with Crippen LogP contribution in [0.15, 0.2) is 0 Å². The molecule has 2 atom stereocenters. The first kappa shape index (κ1) is 9.50. The van der Waals surface area contributed by atoms with E-state index < -0.39 is 0 Å². The van der Waals surface area contributed by atoms with Crippen LogP contribution in [0.5, 0.6) is 0 Å². The molecule has 0 amide bonds. The van der Waals surface area contributed by atoms with Crippen molar-refractivity contribution in [1.82, 2.24) is 5.32 Å². The Hall–Kier alpha value is -0.590. The average Bonchev–Trinajstić information content (AvgIpc) is 2.16. The van der Waals surface area contributed by atoms with Crippen molar-refractivity contribution in [2.75, 3.05) is 19.8 Å². The molecule has 0 saturated carbocycles. The van der Waals surface area contributed by atoms with E-state index in [1.165, 1.54) is 6.42 Å². The van der Waals surface area contributed by atoms with Crippen molar-refractivity contribution < 1.29 is 4.74 Å². The smallest absolute Gasteiger partial charge is 0.0924 e. The van der Waals surface area contributed by atoms with Crippen LogP contribution in [-0.4, -0.2) is 25.8 Å². The zero-order valence-corrected chi connectivity index (χ0v) is 7.55. The average molecular weight is 168 g/mol. The Morgan fingerprint density at radius 2 is 2.58 bits per heavy atom. The molecule has 1 rings (SSSR count). The predicted molar refractivity (Wildman–Crippen MR) is 46.6 cm³/mol. The molecular weight excluding hydrogens is 152 g/mol. The Kier molecular flexibility index (Phi) is 4.06. The number of nitrogens with zero attached hydrogens (tertiary/aromatic N) is 1. The summed E-state index contributed by atoms with van der Waals surface area (Å²) in [5, 5.41) is 11.7. The molecule has 0 aromatic heterocycles. The minimum Gasteiger partial charge on any atom is -0.381 e. The summed E-state index contributed by atoms with van der Waals surface area (Å²) in [6.45, 7) is 4.55. The predicted octanol–water partition coefficient (Wildman–Crippen LogP) is 0.915. The number of nitrogens with one attached hydrogen (secondary N) is 1. The first-order valence-electron chi connectivity index (χ1n) is 4.53. The summed E-state index contributed by atoms with van der Waals surface area (Å²) < 4.78 is 5.33. The summed E-state index contributed by atoms with van der Waals surface area (Å²) >= 11 is 0. The molecule has 2 unspecified atom stereocenters. The molecule has 0 spiro atoms. The minimum atomic E-state index is -0.0353. The van der Waals surface area contributed by atoms with Crippen LogP contribution in [0, 0.1) is 17.2 Å². The highest BCUT2D eigenvalue weighted by atomic mass is 16.5. The second-order valence-electron chi connectivity index (χ2n) is 3.34. The molecule has 3 heteroatoms. The lowest BCUT2D eigenvalue weighted by molar-refractivity contribution is 0.0545. The maximum atomic E-state index is 8.52. The molecule has 12 heavy (non-hydrogen) atoms. The standard InChI is InChI=1S/C9H16N2O/c1-8(5-10)11-6-9-3-2-4-12-7-9/h8-9,11H,2-4,6-7H2,1H3. The zero-order chi connectivity index (χ0) is 8.81. The van der Waals surface area contributed by atoms with Gasteiger partial charge in [-0.3, -0.25) is 0 Å². The molecule has 1 aliphatic rings. The Labute approximate surface area is 73.7 Å². The first-order valence-corrected chi connectivity index (χ1v) is 4.53. The molecule has 0 aliphatic carbocycles. The van der Waals surface area contributed by atoms with E-state index in [1.807, 2.05) is 6.92 Å². The molecule has 0 aromatic rings. The van der Waals surface area contributed by atoms with Gasteiger partial charge in [0.05, 0.1) is 18.7 Å². The number of hydrogen-bond donors (Lipinski definition) is 1. The highest BCUT2D eigenvalue weighted by Crippen LogP contribution is 2.12. The van der Waals surface area contributed by atoms with Crippen molar-refractivity contribution in [3.8, 4) is 6.07 Å². The monoisotopic (exact) mass is 168 g/mol. The second-order valence-corrected chi connectivity index (χ2v) is 3.34. The highest BCUT2D eigenvalue weighted by Gasteiger charge is 2.13. The van der Waals surface area contributed by atoms with Crippen LogP contribution >= 0.6 is 0 Å². The highest BCUT2D eigenvalue weighted by molar-refractivity contribution is 4.85. The zero-order valence-electron chi connectivity index (χ0n) is 7.55. The summed E-state index contributed by atoms with van der Waals surface area (Å²) in [6, 6.07) is 2.12. The quantitative estimate of drug-likeness (QED) is 0.681. The Bertz CT molecular complexity index is 158. The van der Waals surface area contributed by atoms with E-state index in [4.69, 9.17) is 10.00 Å². The fourth-order valence-corrected chi connectivity index (χ4v) is 1.36. The van der Waals surface area contributed by atoms with E-state index in [1.54, 1.807) is 0 Å². The van der Waals surface area contributed by atoms with Gasteiger partial charge < -0.3 is 10.1 Å². The van der Waals surface area contributed by atoms with Gasteiger partial charge >= 0.3 is 0 Å². The maximum Gasteiger partial charge on any atom is 0.0924 e. The SMILES string of the molecule is CC(C#N)NCC1CCCOC1. The molecule has 0 radical (unpaired) electrons. The van der Waals surface area contributed by atoms with E-state index in [0.717, 1.165) is 26.2 Å². The summed E-state index contributed by atoms with van der Waals surface area (Å²) in [5.41, 5.74) is 0. The van der Waals surface area contributed by atoms with E-state index in [-0.39, 0.29) is 6.04 Å². The third-order valence-corrected chi connectivity index (χ3v) is 2.16. The van der Waals surface area contributed by atoms with Gasteiger partial charge in [0.15, 0.2) is 0 Å². The topological polar surface area (TPSA) is 45.0 Å². The Morgan fingerprint density at radius 3 is 3.17 bits per heavy atom. The Balaban J connectivity index is 2.10. The fraction of sp³-hybridized carbons (Fsp3) is 0.889. The van der Waals surface area contributed by atoms with Gasteiger partial charge in [0.25, 0.3) is 0 Å². The van der Waals surface area contributed by atoms with Gasteiger partial charge in [0, 0.05) is 13.2 Å². The summed E-state index contributed by atoms with van der Waals surface area (Å²) in [5.74, 6) is 0.606. The number of ether oxygens (including phenoxy) is 1. The summed E-state index contributed by atoms with van der Waals surface area (Å²) in [7, 11) is 0. The fourth-order valence-electron chi connectivity index (χ4n) is 1.36. The van der Waals surface area contributed by atoms with Gasteiger partial charge in [-0.1, -0.05) is 0 Å². The van der Waals surface area contributed by atoms with Crippen LogP contribution in [0.4, 0.5) is 0 Å². The molecule has 1 fully saturated rings. The normalized spacial score (nSPS) is 26.2. The lowest BCUT2D eigenvalue weighted by Gasteiger charge is -2.22. The molecule has 0 aromatic carbocycles. The molecule has 0 bridgehead atoms. The third-order valence-electron chi connectivity index (χ3n) is 2.16. The van der Waals surface area contributed by atoms with Gasteiger partial charge in [-0.05, 0) is 25.7 Å².